The molecule has 0 bridgehead atoms. The van der Waals surface area contributed by atoms with Crippen molar-refractivity contribution in [3.8, 4) is 22.6 Å². The van der Waals surface area contributed by atoms with Crippen LogP contribution >= 0.6 is 0 Å². The number of hydrogen-bond donors (Lipinski definition) is 1. The average molecular weight is 253 g/mol. The topological polar surface area (TPSA) is 34.2 Å². The Morgan fingerprint density at radius 1 is 0.895 bits per heavy atom. The number of H-pyrrole nitrogens is 1. The summed E-state index contributed by atoms with van der Waals surface area (Å²) < 4.78 is 10.9. The molecule has 3 rings (SSSR count). The monoisotopic (exact) mass is 253 g/mol. The van der Waals surface area contributed by atoms with Gasteiger partial charge in [-0.2, -0.15) is 0 Å². The molecule has 96 valence electrons. The van der Waals surface area contributed by atoms with E-state index in [2.05, 4.69) is 29.2 Å². The quantitative estimate of drug-likeness (QED) is 0.769. The molecular formula is C16H15NO2. The molecule has 1 aromatic heterocycles. The Hall–Kier alpha value is -2.42. The molecule has 0 saturated carbocycles. The Morgan fingerprint density at radius 2 is 1.63 bits per heavy atom. The van der Waals surface area contributed by atoms with Gasteiger partial charge in [0.2, 0.25) is 0 Å². The molecule has 3 nitrogen and oxygen atoms in total. The van der Waals surface area contributed by atoms with Crippen molar-refractivity contribution in [1.82, 2.24) is 4.98 Å². The molecule has 1 N–H and O–H groups in total. The van der Waals surface area contributed by atoms with Crippen LogP contribution in [-0.4, -0.2) is 19.2 Å². The van der Waals surface area contributed by atoms with Gasteiger partial charge in [0, 0.05) is 11.7 Å². The number of ether oxygens (including phenoxy) is 2. The predicted octanol–water partition coefficient (Wildman–Crippen LogP) is 3.85. The second-order valence-electron chi connectivity index (χ2n) is 4.32. The summed E-state index contributed by atoms with van der Waals surface area (Å²) in [6.07, 6.45) is 1.94. The number of aromatic amines is 1. The third-order valence-electron chi connectivity index (χ3n) is 3.27. The summed E-state index contributed by atoms with van der Waals surface area (Å²) >= 11 is 0. The maximum absolute atomic E-state index is 5.45. The molecule has 0 amide bonds. The number of nitrogens with one attached hydrogen (secondary N) is 1. The summed E-state index contributed by atoms with van der Waals surface area (Å²) in [6.45, 7) is 0. The second-order valence-corrected chi connectivity index (χ2v) is 4.32. The Bertz CT molecular complexity index is 693. The van der Waals surface area contributed by atoms with E-state index in [0.717, 1.165) is 28.1 Å². The van der Waals surface area contributed by atoms with Crippen molar-refractivity contribution in [3.05, 3.63) is 48.7 Å². The summed E-state index contributed by atoms with van der Waals surface area (Å²) in [6, 6.07) is 14.1. The van der Waals surface area contributed by atoms with Crippen molar-refractivity contribution >= 4 is 10.9 Å². The molecule has 0 fully saturated rings. The molecule has 3 aromatic rings. The molecule has 0 aliphatic heterocycles. The van der Waals surface area contributed by atoms with E-state index in [9.17, 15) is 0 Å². The van der Waals surface area contributed by atoms with Gasteiger partial charge in [-0.25, -0.2) is 0 Å². The van der Waals surface area contributed by atoms with Gasteiger partial charge >= 0.3 is 0 Å². The van der Waals surface area contributed by atoms with Gasteiger partial charge in [0.15, 0.2) is 0 Å². The molecule has 1 heterocycles. The lowest BCUT2D eigenvalue weighted by Crippen LogP contribution is -1.92. The standard InChI is InChI=1S/C16H15NO2/c1-18-14-4-3-5-15(19-2)16(14)12-6-7-13-11(10-12)8-9-17-13/h3-10,17H,1-2H3. The van der Waals surface area contributed by atoms with Gasteiger partial charge in [0.25, 0.3) is 0 Å². The number of aromatic nitrogens is 1. The summed E-state index contributed by atoms with van der Waals surface area (Å²) in [5, 5.41) is 1.17. The maximum Gasteiger partial charge on any atom is 0.130 e. The molecule has 19 heavy (non-hydrogen) atoms. The first kappa shape index (κ1) is 11.7. The van der Waals surface area contributed by atoms with Crippen molar-refractivity contribution < 1.29 is 9.47 Å². The van der Waals surface area contributed by atoms with E-state index in [4.69, 9.17) is 9.47 Å². The van der Waals surface area contributed by atoms with Crippen LogP contribution < -0.4 is 9.47 Å². The summed E-state index contributed by atoms with van der Waals surface area (Å²) in [5.74, 6) is 1.63. The third kappa shape index (κ3) is 1.93. The fourth-order valence-electron chi connectivity index (χ4n) is 2.34. The number of benzene rings is 2. The fraction of sp³-hybridized carbons (Fsp3) is 0.125. The van der Waals surface area contributed by atoms with Crippen molar-refractivity contribution in [2.24, 2.45) is 0 Å². The second kappa shape index (κ2) is 4.69. The van der Waals surface area contributed by atoms with E-state index >= 15 is 0 Å². The first-order valence-electron chi connectivity index (χ1n) is 6.12. The SMILES string of the molecule is COc1cccc(OC)c1-c1ccc2[nH]ccc2c1. The van der Waals surface area contributed by atoms with Crippen LogP contribution in [0.25, 0.3) is 22.0 Å². The van der Waals surface area contributed by atoms with Crippen molar-refractivity contribution in [2.75, 3.05) is 14.2 Å². The van der Waals surface area contributed by atoms with Gasteiger partial charge in [-0.05, 0) is 41.3 Å². The Labute approximate surface area is 111 Å². The largest absolute Gasteiger partial charge is 0.496 e. The van der Waals surface area contributed by atoms with Gasteiger partial charge in [0.05, 0.1) is 19.8 Å². The molecule has 3 heteroatoms. The zero-order valence-electron chi connectivity index (χ0n) is 10.9. The fourth-order valence-corrected chi connectivity index (χ4v) is 2.34. The van der Waals surface area contributed by atoms with E-state index in [1.54, 1.807) is 14.2 Å². The lowest BCUT2D eigenvalue weighted by molar-refractivity contribution is 0.397. The number of methoxy groups -OCH3 is 2. The number of rotatable bonds is 3. The Balaban J connectivity index is 2.24. The van der Waals surface area contributed by atoms with Crippen LogP contribution in [0.1, 0.15) is 0 Å². The van der Waals surface area contributed by atoms with Gasteiger partial charge in [-0.1, -0.05) is 12.1 Å². The molecule has 2 aromatic carbocycles. The zero-order valence-corrected chi connectivity index (χ0v) is 10.9. The first-order chi connectivity index (χ1) is 9.33. The van der Waals surface area contributed by atoms with Crippen LogP contribution in [0.4, 0.5) is 0 Å². The summed E-state index contributed by atoms with van der Waals surface area (Å²) in [7, 11) is 3.35. The van der Waals surface area contributed by atoms with Crippen molar-refractivity contribution in [3.63, 3.8) is 0 Å². The molecule has 0 aliphatic carbocycles. The minimum atomic E-state index is 0.814. The number of hydrogen-bond acceptors (Lipinski definition) is 2. The average Bonchev–Trinajstić information content (AvgIpc) is 2.93. The molecule has 0 unspecified atom stereocenters. The highest BCUT2D eigenvalue weighted by molar-refractivity contribution is 5.88. The normalized spacial score (nSPS) is 10.6. The number of fused-ring (bicyclic) bond motifs is 1. The third-order valence-corrected chi connectivity index (χ3v) is 3.27. The van der Waals surface area contributed by atoms with Crippen molar-refractivity contribution in [2.45, 2.75) is 0 Å². The molecule has 0 aliphatic rings. The van der Waals surface area contributed by atoms with Crippen LogP contribution in [0.5, 0.6) is 11.5 Å². The minimum absolute atomic E-state index is 0.814. The van der Waals surface area contributed by atoms with E-state index in [1.165, 1.54) is 5.39 Å². The van der Waals surface area contributed by atoms with E-state index in [-0.39, 0.29) is 0 Å². The van der Waals surface area contributed by atoms with Crippen LogP contribution in [0.15, 0.2) is 48.7 Å². The molecule has 0 radical (unpaired) electrons. The highest BCUT2D eigenvalue weighted by Crippen LogP contribution is 2.39. The highest BCUT2D eigenvalue weighted by atomic mass is 16.5. The van der Waals surface area contributed by atoms with Gasteiger partial charge in [-0.3, -0.25) is 0 Å². The summed E-state index contributed by atoms with van der Waals surface area (Å²) in [4.78, 5) is 3.19. The van der Waals surface area contributed by atoms with Crippen molar-refractivity contribution in [1.29, 1.82) is 0 Å². The Morgan fingerprint density at radius 3 is 2.32 bits per heavy atom. The Kier molecular flexibility index (Phi) is 2.88. The zero-order chi connectivity index (χ0) is 13.2. The van der Waals surface area contributed by atoms with Crippen LogP contribution in [0.3, 0.4) is 0 Å². The molecule has 0 atom stereocenters. The van der Waals surface area contributed by atoms with Gasteiger partial charge in [-0.15, -0.1) is 0 Å². The molecule has 0 spiro atoms. The minimum Gasteiger partial charge on any atom is -0.496 e. The van der Waals surface area contributed by atoms with Gasteiger partial charge < -0.3 is 14.5 Å². The first-order valence-corrected chi connectivity index (χ1v) is 6.12. The molecular weight excluding hydrogens is 238 g/mol. The maximum atomic E-state index is 5.45. The molecule has 0 saturated heterocycles. The van der Waals surface area contributed by atoms with Crippen LogP contribution in [0, 0.1) is 0 Å². The van der Waals surface area contributed by atoms with Gasteiger partial charge in [0.1, 0.15) is 11.5 Å². The van der Waals surface area contributed by atoms with E-state index in [1.807, 2.05) is 24.4 Å². The lowest BCUT2D eigenvalue weighted by atomic mass is 10.0. The van der Waals surface area contributed by atoms with E-state index in [0.29, 0.717) is 0 Å². The highest BCUT2D eigenvalue weighted by Gasteiger charge is 2.12. The smallest absolute Gasteiger partial charge is 0.130 e. The lowest BCUT2D eigenvalue weighted by Gasteiger charge is -2.13. The predicted molar refractivity (Wildman–Crippen MR) is 76.8 cm³/mol. The summed E-state index contributed by atoms with van der Waals surface area (Å²) in [5.41, 5.74) is 3.19. The van der Waals surface area contributed by atoms with Crippen LogP contribution in [-0.2, 0) is 0 Å². The van der Waals surface area contributed by atoms with Crippen LogP contribution in [0.2, 0.25) is 0 Å². The van der Waals surface area contributed by atoms with E-state index < -0.39 is 0 Å².